The smallest absolute Gasteiger partial charge is 0.410 e. The molecule has 0 unspecified atom stereocenters. The van der Waals surface area contributed by atoms with Gasteiger partial charge in [0.15, 0.2) is 10.0 Å². The van der Waals surface area contributed by atoms with Crippen molar-refractivity contribution in [3.63, 3.8) is 0 Å². The van der Waals surface area contributed by atoms with Crippen molar-refractivity contribution in [3.05, 3.63) is 5.69 Å². The molecule has 0 aromatic carbocycles. The SMILES string of the molecule is CSc1nc(C(=O)NCC2CCN(C(=O)OC(C)(C)C)CC2)c(N)s1. The maximum atomic E-state index is 12.2. The number of piperidine rings is 1. The molecule has 1 saturated heterocycles. The third-order valence-corrected chi connectivity index (χ3v) is 5.71. The predicted octanol–water partition coefficient (Wildman–Crippen LogP) is 2.82. The lowest BCUT2D eigenvalue weighted by atomic mass is 9.97. The van der Waals surface area contributed by atoms with Crippen molar-refractivity contribution in [3.8, 4) is 0 Å². The Hall–Kier alpha value is -1.48. The van der Waals surface area contributed by atoms with E-state index in [9.17, 15) is 9.59 Å². The van der Waals surface area contributed by atoms with E-state index in [0.29, 0.717) is 36.2 Å². The van der Waals surface area contributed by atoms with Gasteiger partial charge in [-0.25, -0.2) is 9.78 Å². The number of carbonyl (C=O) groups is 2. The standard InChI is InChI=1S/C16H26N4O3S2/c1-16(2,3)23-15(22)20-7-5-10(6-8-20)9-18-13(21)11-12(17)25-14(19-11)24-4/h10H,5-9,17H2,1-4H3,(H,18,21). The molecule has 0 aliphatic carbocycles. The third kappa shape index (κ3) is 5.78. The van der Waals surface area contributed by atoms with Crippen molar-refractivity contribution in [2.75, 3.05) is 31.6 Å². The first-order valence-corrected chi connectivity index (χ1v) is 10.3. The first kappa shape index (κ1) is 19.8. The molecule has 0 atom stereocenters. The van der Waals surface area contributed by atoms with E-state index in [1.807, 2.05) is 27.0 Å². The largest absolute Gasteiger partial charge is 0.444 e. The molecule has 0 bridgehead atoms. The highest BCUT2D eigenvalue weighted by Gasteiger charge is 2.27. The highest BCUT2D eigenvalue weighted by Crippen LogP contribution is 2.27. The van der Waals surface area contributed by atoms with Gasteiger partial charge >= 0.3 is 6.09 Å². The second kappa shape index (κ2) is 8.27. The lowest BCUT2D eigenvalue weighted by Gasteiger charge is -2.33. The van der Waals surface area contributed by atoms with Crippen LogP contribution in [0, 0.1) is 5.92 Å². The Balaban J connectivity index is 1.77. The quantitative estimate of drug-likeness (QED) is 0.772. The molecule has 0 spiro atoms. The van der Waals surface area contributed by atoms with Gasteiger partial charge in [-0.1, -0.05) is 23.1 Å². The minimum atomic E-state index is -0.481. The Morgan fingerprint density at radius 3 is 2.56 bits per heavy atom. The van der Waals surface area contributed by atoms with Gasteiger partial charge in [0, 0.05) is 19.6 Å². The van der Waals surface area contributed by atoms with E-state index in [2.05, 4.69) is 10.3 Å². The molecule has 1 aliphatic rings. The first-order chi connectivity index (χ1) is 11.7. The molecule has 1 fully saturated rings. The minimum Gasteiger partial charge on any atom is -0.444 e. The number of ether oxygens (including phenoxy) is 1. The van der Waals surface area contributed by atoms with Gasteiger partial charge in [-0.15, -0.1) is 0 Å². The molecule has 9 heteroatoms. The number of nitrogens with two attached hydrogens (primary N) is 1. The van der Waals surface area contributed by atoms with E-state index in [1.165, 1.54) is 23.1 Å². The van der Waals surface area contributed by atoms with Crippen LogP contribution in [0.3, 0.4) is 0 Å². The van der Waals surface area contributed by atoms with Gasteiger partial charge in [-0.3, -0.25) is 4.79 Å². The van der Waals surface area contributed by atoms with Gasteiger partial charge in [-0.05, 0) is 45.8 Å². The van der Waals surface area contributed by atoms with Crippen LogP contribution in [0.15, 0.2) is 4.34 Å². The second-order valence-corrected chi connectivity index (χ2v) is 9.10. The fraction of sp³-hybridized carbons (Fsp3) is 0.688. The number of rotatable bonds is 4. The van der Waals surface area contributed by atoms with Crippen molar-refractivity contribution >= 4 is 40.1 Å². The molecule has 2 heterocycles. The second-order valence-electron chi connectivity index (χ2n) is 7.02. The molecule has 2 rings (SSSR count). The molecule has 3 N–H and O–H groups in total. The molecule has 25 heavy (non-hydrogen) atoms. The Morgan fingerprint density at radius 1 is 1.40 bits per heavy atom. The summed E-state index contributed by atoms with van der Waals surface area (Å²) in [7, 11) is 0. The van der Waals surface area contributed by atoms with E-state index in [4.69, 9.17) is 10.5 Å². The Labute approximate surface area is 156 Å². The summed E-state index contributed by atoms with van der Waals surface area (Å²) in [6.45, 7) is 7.43. The van der Waals surface area contributed by atoms with Crippen LogP contribution in [0.5, 0.6) is 0 Å². The number of thiazole rings is 1. The number of amides is 2. The summed E-state index contributed by atoms with van der Waals surface area (Å²) in [5, 5.41) is 3.36. The summed E-state index contributed by atoms with van der Waals surface area (Å²) < 4.78 is 6.17. The maximum absolute atomic E-state index is 12.2. The van der Waals surface area contributed by atoms with E-state index < -0.39 is 5.60 Å². The number of thioether (sulfide) groups is 1. The molecular weight excluding hydrogens is 360 g/mol. The van der Waals surface area contributed by atoms with Crippen molar-refractivity contribution in [1.29, 1.82) is 0 Å². The minimum absolute atomic E-state index is 0.233. The Kier molecular flexibility index (Phi) is 6.56. The molecule has 7 nitrogen and oxygen atoms in total. The van der Waals surface area contributed by atoms with Crippen molar-refractivity contribution in [2.24, 2.45) is 5.92 Å². The number of hydrogen-bond acceptors (Lipinski definition) is 7. The summed E-state index contributed by atoms with van der Waals surface area (Å²) in [5.74, 6) is 0.103. The van der Waals surface area contributed by atoms with E-state index >= 15 is 0 Å². The number of hydrogen-bond donors (Lipinski definition) is 2. The molecular formula is C16H26N4O3S2. The molecule has 0 saturated carbocycles. The summed E-state index contributed by atoms with van der Waals surface area (Å²) in [6, 6.07) is 0. The van der Waals surface area contributed by atoms with E-state index in [-0.39, 0.29) is 12.0 Å². The first-order valence-electron chi connectivity index (χ1n) is 8.26. The van der Waals surface area contributed by atoms with Gasteiger partial charge in [-0.2, -0.15) is 0 Å². The predicted molar refractivity (Wildman–Crippen MR) is 101 cm³/mol. The van der Waals surface area contributed by atoms with Crippen LogP contribution >= 0.6 is 23.1 Å². The van der Waals surface area contributed by atoms with Crippen LogP contribution in [0.1, 0.15) is 44.1 Å². The lowest BCUT2D eigenvalue weighted by Crippen LogP contribution is -2.43. The molecule has 1 aromatic heterocycles. The van der Waals surface area contributed by atoms with Crippen molar-refractivity contribution < 1.29 is 14.3 Å². The highest BCUT2D eigenvalue weighted by molar-refractivity contribution is 8.00. The number of anilines is 1. The third-order valence-electron chi connectivity index (χ3n) is 3.84. The molecule has 1 aliphatic heterocycles. The number of nitrogens with one attached hydrogen (secondary N) is 1. The van der Waals surface area contributed by atoms with Gasteiger partial charge < -0.3 is 20.7 Å². The summed E-state index contributed by atoms with van der Waals surface area (Å²) in [4.78, 5) is 30.2. The lowest BCUT2D eigenvalue weighted by molar-refractivity contribution is 0.0183. The summed E-state index contributed by atoms with van der Waals surface area (Å²) in [6.07, 6.45) is 3.30. The Morgan fingerprint density at radius 2 is 2.04 bits per heavy atom. The van der Waals surface area contributed by atoms with Gasteiger partial charge in [0.2, 0.25) is 0 Å². The van der Waals surface area contributed by atoms with E-state index in [0.717, 1.165) is 17.2 Å². The molecule has 2 amide bonds. The van der Waals surface area contributed by atoms with Crippen LogP contribution in [-0.4, -0.2) is 53.4 Å². The average Bonchev–Trinajstić information content (AvgIpc) is 2.92. The van der Waals surface area contributed by atoms with Crippen LogP contribution < -0.4 is 11.1 Å². The van der Waals surface area contributed by atoms with Gasteiger partial charge in [0.05, 0.1) is 0 Å². The number of nitrogens with zero attached hydrogens (tertiary/aromatic N) is 2. The average molecular weight is 387 g/mol. The monoisotopic (exact) mass is 386 g/mol. The summed E-state index contributed by atoms with van der Waals surface area (Å²) in [5.41, 5.74) is 5.68. The van der Waals surface area contributed by atoms with Gasteiger partial charge in [0.25, 0.3) is 5.91 Å². The fourth-order valence-electron chi connectivity index (χ4n) is 2.53. The zero-order valence-electron chi connectivity index (χ0n) is 15.1. The number of carbonyl (C=O) groups excluding carboxylic acids is 2. The zero-order valence-corrected chi connectivity index (χ0v) is 16.8. The number of aromatic nitrogens is 1. The normalized spacial score (nSPS) is 15.9. The van der Waals surface area contributed by atoms with Crippen LogP contribution in [0.25, 0.3) is 0 Å². The zero-order chi connectivity index (χ0) is 18.6. The maximum Gasteiger partial charge on any atom is 0.410 e. The fourth-order valence-corrected chi connectivity index (χ4v) is 3.87. The van der Waals surface area contributed by atoms with Gasteiger partial charge in [0.1, 0.15) is 10.6 Å². The van der Waals surface area contributed by atoms with Crippen LogP contribution in [0.4, 0.5) is 9.80 Å². The highest BCUT2D eigenvalue weighted by atomic mass is 32.2. The summed E-state index contributed by atoms with van der Waals surface area (Å²) >= 11 is 2.79. The number of likely N-dealkylation sites (tertiary alicyclic amines) is 1. The van der Waals surface area contributed by atoms with Crippen molar-refractivity contribution in [2.45, 2.75) is 43.6 Å². The van der Waals surface area contributed by atoms with Crippen molar-refractivity contribution in [1.82, 2.24) is 15.2 Å². The number of nitrogen functional groups attached to an aromatic ring is 1. The van der Waals surface area contributed by atoms with Crippen LogP contribution in [0.2, 0.25) is 0 Å². The van der Waals surface area contributed by atoms with Crippen LogP contribution in [-0.2, 0) is 4.74 Å². The van der Waals surface area contributed by atoms with E-state index in [1.54, 1.807) is 4.90 Å². The Bertz CT molecular complexity index is 619. The molecule has 0 radical (unpaired) electrons. The topological polar surface area (TPSA) is 97.5 Å². The molecule has 1 aromatic rings. The molecule has 140 valence electrons.